The number of aryl methyl sites for hydroxylation is 1. The number of carbonyl (C=O) groups excluding carboxylic acids is 5. The van der Waals surface area contributed by atoms with Crippen LogP contribution in [0.15, 0.2) is 36.5 Å². The molecule has 0 aliphatic carbocycles. The third-order valence-electron chi connectivity index (χ3n) is 8.34. The molecule has 1 aliphatic rings. The number of halogens is 1. The molecule has 4 N–H and O–H groups in total. The predicted molar refractivity (Wildman–Crippen MR) is 178 cm³/mol. The van der Waals surface area contributed by atoms with E-state index in [1.165, 1.54) is 10.7 Å². The van der Waals surface area contributed by atoms with E-state index < -0.39 is 35.1 Å². The minimum atomic E-state index is -0.696. The van der Waals surface area contributed by atoms with Crippen molar-refractivity contribution in [2.45, 2.75) is 64.5 Å². The second-order valence-corrected chi connectivity index (χ2v) is 13.2. The lowest BCUT2D eigenvalue weighted by Gasteiger charge is -2.31. The lowest BCUT2D eigenvalue weighted by atomic mass is 9.88. The molecule has 0 atom stereocenters. The minimum absolute atomic E-state index is 0.0167. The van der Waals surface area contributed by atoms with Crippen molar-refractivity contribution in [1.29, 1.82) is 0 Å². The van der Waals surface area contributed by atoms with Gasteiger partial charge in [0.15, 0.2) is 0 Å². The fourth-order valence-electron chi connectivity index (χ4n) is 6.04. The Morgan fingerprint density at radius 3 is 2.39 bits per heavy atom. The maximum Gasteiger partial charge on any atom is 0.325 e. The molecule has 2 aromatic carbocycles. The van der Waals surface area contributed by atoms with Crippen LogP contribution in [0.5, 0.6) is 0 Å². The van der Waals surface area contributed by atoms with Crippen LogP contribution in [-0.4, -0.2) is 85.8 Å². The van der Waals surface area contributed by atoms with Crippen LogP contribution in [0.3, 0.4) is 0 Å². The Labute approximate surface area is 282 Å². The van der Waals surface area contributed by atoms with Crippen LogP contribution in [0.4, 0.5) is 4.39 Å². The number of ether oxygens (including phenoxy) is 1. The summed E-state index contributed by atoms with van der Waals surface area (Å²) in [5.74, 6) is -2.89. The van der Waals surface area contributed by atoms with Gasteiger partial charge < -0.3 is 26.0 Å². The van der Waals surface area contributed by atoms with Crippen molar-refractivity contribution in [1.82, 2.24) is 35.1 Å². The van der Waals surface area contributed by atoms with Gasteiger partial charge in [0.25, 0.3) is 0 Å². The number of amides is 4. The number of primary amides is 1. The fourth-order valence-corrected chi connectivity index (χ4v) is 6.04. The van der Waals surface area contributed by atoms with Gasteiger partial charge >= 0.3 is 5.97 Å². The topological polar surface area (TPSA) is 184 Å². The molecular formula is C34H41FN8O6. The quantitative estimate of drug-likeness (QED) is 0.202. The Kier molecular flexibility index (Phi) is 10.3. The monoisotopic (exact) mass is 676 g/mol. The third kappa shape index (κ3) is 8.39. The van der Waals surface area contributed by atoms with Gasteiger partial charge in [-0.25, -0.2) is 4.39 Å². The molecule has 0 radical (unpaired) electrons. The molecule has 1 aliphatic heterocycles. The number of aromatic nitrogens is 4. The largest absolute Gasteiger partial charge is 0.459 e. The highest BCUT2D eigenvalue weighted by Gasteiger charge is 2.29. The van der Waals surface area contributed by atoms with E-state index >= 15 is 4.39 Å². The number of piperidine rings is 1. The fraction of sp³-hybridized carbons (Fsp3) is 0.441. The van der Waals surface area contributed by atoms with E-state index in [9.17, 15) is 24.0 Å². The van der Waals surface area contributed by atoms with E-state index in [1.807, 2.05) is 6.07 Å². The van der Waals surface area contributed by atoms with Gasteiger partial charge in [0, 0.05) is 55.2 Å². The summed E-state index contributed by atoms with van der Waals surface area (Å²) < 4.78 is 24.1. The number of hydrogen-bond acceptors (Lipinski definition) is 8. The number of fused-ring (bicyclic) bond motifs is 2. The molecule has 2 aromatic heterocycles. The summed E-state index contributed by atoms with van der Waals surface area (Å²) in [6.45, 7) is 5.10. The average Bonchev–Trinajstić information content (AvgIpc) is 3.60. The average molecular weight is 677 g/mol. The molecule has 0 saturated carbocycles. The number of hydrogen-bond donors (Lipinski definition) is 3. The van der Waals surface area contributed by atoms with Gasteiger partial charge in [-0.15, -0.1) is 0 Å². The zero-order chi connectivity index (χ0) is 35.5. The lowest BCUT2D eigenvalue weighted by Crippen LogP contribution is -2.41. The molecule has 3 heterocycles. The molecule has 0 spiro atoms. The smallest absolute Gasteiger partial charge is 0.325 e. The van der Waals surface area contributed by atoms with Crippen molar-refractivity contribution >= 4 is 51.4 Å². The van der Waals surface area contributed by atoms with E-state index in [1.54, 1.807) is 61.8 Å². The molecule has 14 nitrogen and oxygen atoms in total. The van der Waals surface area contributed by atoms with Gasteiger partial charge in [0.05, 0.1) is 29.5 Å². The molecular weight excluding hydrogens is 635 g/mol. The molecule has 1 fully saturated rings. The molecule has 0 unspecified atom stereocenters. The van der Waals surface area contributed by atoms with E-state index in [0.29, 0.717) is 59.0 Å². The van der Waals surface area contributed by atoms with Gasteiger partial charge in [-0.1, -0.05) is 12.1 Å². The second kappa shape index (κ2) is 14.4. The van der Waals surface area contributed by atoms with Crippen molar-refractivity contribution in [2.24, 2.45) is 12.8 Å². The second-order valence-electron chi connectivity index (χ2n) is 13.2. The first-order chi connectivity index (χ1) is 23.2. The SMILES string of the molecule is Cn1ncc2cc(F)c(-c3cccc4c3c(C3CCN(C(=O)CCC(N)=O)CC3)nn4CC(=O)NCC(=O)NCC(=O)OC(C)(C)C)cc21. The van der Waals surface area contributed by atoms with Crippen LogP contribution in [0.2, 0.25) is 0 Å². The predicted octanol–water partition coefficient (Wildman–Crippen LogP) is 2.27. The molecule has 1 saturated heterocycles. The summed E-state index contributed by atoms with van der Waals surface area (Å²) in [5, 5.41) is 15.5. The molecule has 0 bridgehead atoms. The number of benzene rings is 2. The summed E-state index contributed by atoms with van der Waals surface area (Å²) in [7, 11) is 1.78. The number of esters is 1. The lowest BCUT2D eigenvalue weighted by molar-refractivity contribution is -0.154. The van der Waals surface area contributed by atoms with Gasteiger partial charge in [0.2, 0.25) is 23.6 Å². The van der Waals surface area contributed by atoms with E-state index in [0.717, 1.165) is 5.52 Å². The van der Waals surface area contributed by atoms with Gasteiger partial charge in [0.1, 0.15) is 24.5 Å². The number of likely N-dealkylation sites (tertiary alicyclic amines) is 1. The minimum Gasteiger partial charge on any atom is -0.459 e. The van der Waals surface area contributed by atoms with E-state index in [4.69, 9.17) is 15.6 Å². The van der Waals surface area contributed by atoms with Crippen LogP contribution < -0.4 is 16.4 Å². The Balaban J connectivity index is 1.40. The van der Waals surface area contributed by atoms with Crippen LogP contribution in [0.25, 0.3) is 32.9 Å². The van der Waals surface area contributed by atoms with Crippen molar-refractivity contribution in [2.75, 3.05) is 26.2 Å². The first kappa shape index (κ1) is 35.0. The van der Waals surface area contributed by atoms with E-state index in [2.05, 4.69) is 15.7 Å². The van der Waals surface area contributed by atoms with Gasteiger partial charge in [-0.2, -0.15) is 10.2 Å². The third-order valence-corrected chi connectivity index (χ3v) is 8.34. The van der Waals surface area contributed by atoms with Gasteiger partial charge in [-0.3, -0.25) is 33.3 Å². The summed E-state index contributed by atoms with van der Waals surface area (Å²) in [5.41, 5.74) is 7.49. The first-order valence-electron chi connectivity index (χ1n) is 16.1. The van der Waals surface area contributed by atoms with E-state index in [-0.39, 0.29) is 44.3 Å². The Bertz CT molecular complexity index is 1920. The maximum absolute atomic E-state index is 15.7. The Morgan fingerprint density at radius 2 is 1.69 bits per heavy atom. The zero-order valence-electron chi connectivity index (χ0n) is 28.0. The van der Waals surface area contributed by atoms with Gasteiger partial charge in [-0.05, 0) is 57.4 Å². The summed E-state index contributed by atoms with van der Waals surface area (Å²) >= 11 is 0. The summed E-state index contributed by atoms with van der Waals surface area (Å²) in [6.07, 6.45) is 2.76. The number of carbonyl (C=O) groups is 5. The zero-order valence-corrected chi connectivity index (χ0v) is 28.0. The number of nitrogens with two attached hydrogens (primary N) is 1. The molecule has 4 amide bonds. The summed E-state index contributed by atoms with van der Waals surface area (Å²) in [6, 6.07) is 8.58. The number of nitrogens with one attached hydrogen (secondary N) is 2. The van der Waals surface area contributed by atoms with Crippen molar-refractivity contribution in [3.05, 3.63) is 48.0 Å². The highest BCUT2D eigenvalue weighted by Crippen LogP contribution is 2.39. The van der Waals surface area contributed by atoms with Crippen molar-refractivity contribution in [3.8, 4) is 11.1 Å². The van der Waals surface area contributed by atoms with Crippen LogP contribution in [0, 0.1) is 5.82 Å². The standard InChI is InChI=1S/C34H41FN8O6/c1-34(2,3)49-31(48)18-38-28(45)17-37-29(46)19-43-25-7-5-6-22(23-15-26-21(14-24(23)35)16-39-41(26)4)32(25)33(40-43)20-10-12-42(13-11-20)30(47)9-8-27(36)44/h5-7,14-16,20H,8-13,17-19H2,1-4H3,(H2,36,44)(H,37,46)(H,38,45). The molecule has 5 rings (SSSR count). The van der Waals surface area contributed by atoms with Crippen molar-refractivity contribution in [3.63, 3.8) is 0 Å². The molecule has 15 heteroatoms. The number of rotatable bonds is 11. The number of nitrogens with zero attached hydrogens (tertiary/aromatic N) is 5. The molecule has 4 aromatic rings. The van der Waals surface area contributed by atoms with Crippen LogP contribution in [-0.2, 0) is 42.3 Å². The molecule has 260 valence electrons. The first-order valence-corrected chi connectivity index (χ1v) is 16.1. The Morgan fingerprint density at radius 1 is 0.980 bits per heavy atom. The summed E-state index contributed by atoms with van der Waals surface area (Å²) in [4.78, 5) is 62.9. The van der Waals surface area contributed by atoms with Crippen molar-refractivity contribution < 1.29 is 33.1 Å². The highest BCUT2D eigenvalue weighted by molar-refractivity contribution is 6.00. The Hall–Kier alpha value is -5.34. The normalized spacial score (nSPS) is 13.9. The maximum atomic E-state index is 15.7. The molecule has 49 heavy (non-hydrogen) atoms. The highest BCUT2D eigenvalue weighted by atomic mass is 19.1. The van der Waals surface area contributed by atoms with Crippen LogP contribution >= 0.6 is 0 Å². The van der Waals surface area contributed by atoms with Crippen LogP contribution in [0.1, 0.15) is 58.1 Å².